The minimum atomic E-state index is -1.56. The Morgan fingerprint density at radius 1 is 1.32 bits per heavy atom. The molecule has 0 aliphatic carbocycles. The van der Waals surface area contributed by atoms with Gasteiger partial charge in [-0.1, -0.05) is 0 Å². The average Bonchev–Trinajstić information content (AvgIpc) is 2.82. The van der Waals surface area contributed by atoms with Crippen LogP contribution in [0.2, 0.25) is 0 Å². The summed E-state index contributed by atoms with van der Waals surface area (Å²) in [5, 5.41) is 20.7. The normalized spacial score (nSPS) is 18.3. The Morgan fingerprint density at radius 2 is 2.00 bits per heavy atom. The van der Waals surface area contributed by atoms with E-state index in [1.807, 2.05) is 0 Å². The van der Waals surface area contributed by atoms with E-state index in [0.29, 0.717) is 19.4 Å². The first kappa shape index (κ1) is 15.7. The van der Waals surface area contributed by atoms with Crippen molar-refractivity contribution in [2.75, 3.05) is 13.1 Å². The third-order valence-corrected chi connectivity index (χ3v) is 3.10. The highest BCUT2D eigenvalue weighted by Crippen LogP contribution is 2.17. The van der Waals surface area contributed by atoms with Crippen LogP contribution in [0.5, 0.6) is 0 Å². The Kier molecular flexibility index (Phi) is 5.97. The second-order valence-electron chi connectivity index (χ2n) is 4.69. The Bertz CT molecular complexity index is 361. The predicted molar refractivity (Wildman–Crippen MR) is 67.9 cm³/mol. The molecule has 1 atom stereocenters. The Balaban J connectivity index is 2.34. The van der Waals surface area contributed by atoms with E-state index in [1.54, 1.807) is 0 Å². The quantitative estimate of drug-likeness (QED) is 0.508. The minimum Gasteiger partial charge on any atom is -0.426 e. The molecule has 2 amide bonds. The number of hydrogen-bond acceptors (Lipinski definition) is 5. The second kappa shape index (κ2) is 7.25. The van der Waals surface area contributed by atoms with E-state index in [9.17, 15) is 14.4 Å². The lowest BCUT2D eigenvalue weighted by molar-refractivity contribution is -0.133. The molecule has 8 heteroatoms. The Morgan fingerprint density at radius 3 is 2.58 bits per heavy atom. The van der Waals surface area contributed by atoms with Crippen molar-refractivity contribution in [3.63, 3.8) is 0 Å². The van der Waals surface area contributed by atoms with Gasteiger partial charge in [0.2, 0.25) is 11.8 Å². The third kappa shape index (κ3) is 5.00. The summed E-state index contributed by atoms with van der Waals surface area (Å²) >= 11 is 0. The molecule has 0 radical (unpaired) electrons. The van der Waals surface area contributed by atoms with Crippen molar-refractivity contribution in [1.82, 2.24) is 10.2 Å². The van der Waals surface area contributed by atoms with Crippen LogP contribution in [0.15, 0.2) is 0 Å². The molecule has 0 aromatic carbocycles. The Labute approximate surface area is 112 Å². The fourth-order valence-electron chi connectivity index (χ4n) is 2.07. The van der Waals surface area contributed by atoms with Gasteiger partial charge in [-0.2, -0.15) is 0 Å². The van der Waals surface area contributed by atoms with E-state index in [-0.39, 0.29) is 37.0 Å². The number of carbonyl (C=O) groups is 3. The number of hydrogen-bond donors (Lipinski definition) is 3. The van der Waals surface area contributed by atoms with Crippen molar-refractivity contribution >= 4 is 24.7 Å². The number of Topliss-reactive ketones (excluding diaryl/α,β-unsaturated/α-hetero) is 1. The summed E-state index contributed by atoms with van der Waals surface area (Å²) in [6.07, 6.45) is 1.48. The molecule has 106 valence electrons. The molecule has 1 heterocycles. The van der Waals surface area contributed by atoms with Crippen molar-refractivity contribution in [1.29, 1.82) is 0 Å². The monoisotopic (exact) mass is 270 g/mol. The minimum absolute atomic E-state index is 0.0642. The average molecular weight is 270 g/mol. The molecular formula is C11H19BN2O5. The van der Waals surface area contributed by atoms with Crippen LogP contribution in [0, 0.1) is 0 Å². The molecule has 0 spiro atoms. The van der Waals surface area contributed by atoms with Crippen LogP contribution in [-0.4, -0.2) is 58.7 Å². The van der Waals surface area contributed by atoms with E-state index < -0.39 is 13.1 Å². The van der Waals surface area contributed by atoms with Gasteiger partial charge < -0.3 is 25.1 Å². The summed E-state index contributed by atoms with van der Waals surface area (Å²) in [6.45, 7) is 1.68. The first-order valence-electron chi connectivity index (χ1n) is 6.33. The topological polar surface area (TPSA) is 107 Å². The number of nitrogens with zero attached hydrogens (tertiary/aromatic N) is 1. The van der Waals surface area contributed by atoms with Crippen molar-refractivity contribution < 1.29 is 24.4 Å². The third-order valence-electron chi connectivity index (χ3n) is 3.10. The predicted octanol–water partition coefficient (Wildman–Crippen LogP) is -1.53. The van der Waals surface area contributed by atoms with Crippen LogP contribution in [0.4, 0.5) is 0 Å². The summed E-state index contributed by atoms with van der Waals surface area (Å²) in [7, 11) is -1.56. The van der Waals surface area contributed by atoms with Crippen molar-refractivity contribution in [3.05, 3.63) is 0 Å². The summed E-state index contributed by atoms with van der Waals surface area (Å²) in [5.74, 6) is -1.37. The fraction of sp³-hybridized carbons (Fsp3) is 0.727. The van der Waals surface area contributed by atoms with Gasteiger partial charge in [-0.05, 0) is 19.8 Å². The standard InChI is InChI=1S/C11H19BN2O5/c1-8(15)4-5-10(16)13-7-11(17)14-6-2-3-9(14)12(18)19/h9,18-19H,2-7H2,1H3,(H,13,16). The van der Waals surface area contributed by atoms with E-state index in [2.05, 4.69) is 5.32 Å². The molecule has 0 saturated carbocycles. The van der Waals surface area contributed by atoms with Gasteiger partial charge in [0.1, 0.15) is 5.78 Å². The molecule has 0 bridgehead atoms. The maximum absolute atomic E-state index is 11.8. The van der Waals surface area contributed by atoms with Gasteiger partial charge in [-0.25, -0.2) is 0 Å². The van der Waals surface area contributed by atoms with Gasteiger partial charge in [0, 0.05) is 19.4 Å². The molecular weight excluding hydrogens is 251 g/mol. The number of carbonyl (C=O) groups excluding carboxylic acids is 3. The lowest BCUT2D eigenvalue weighted by atomic mass is 9.78. The van der Waals surface area contributed by atoms with Gasteiger partial charge in [-0.15, -0.1) is 0 Å². The molecule has 1 saturated heterocycles. The first-order valence-corrected chi connectivity index (χ1v) is 6.33. The van der Waals surface area contributed by atoms with Crippen molar-refractivity contribution in [2.24, 2.45) is 0 Å². The molecule has 7 nitrogen and oxygen atoms in total. The smallest absolute Gasteiger partial charge is 0.426 e. The number of amides is 2. The number of ketones is 1. The molecule has 1 fully saturated rings. The van der Waals surface area contributed by atoms with Crippen molar-refractivity contribution in [2.45, 2.75) is 38.5 Å². The molecule has 0 aromatic rings. The second-order valence-corrected chi connectivity index (χ2v) is 4.69. The SMILES string of the molecule is CC(=O)CCC(=O)NCC(=O)N1CCCC1B(O)O. The highest BCUT2D eigenvalue weighted by Gasteiger charge is 2.36. The zero-order valence-electron chi connectivity index (χ0n) is 11.0. The Hall–Kier alpha value is -1.41. The molecule has 1 unspecified atom stereocenters. The first-order chi connectivity index (χ1) is 8.91. The van der Waals surface area contributed by atoms with Gasteiger partial charge >= 0.3 is 7.12 Å². The fourth-order valence-corrected chi connectivity index (χ4v) is 2.07. The lowest BCUT2D eigenvalue weighted by Gasteiger charge is -2.24. The van der Waals surface area contributed by atoms with E-state index in [0.717, 1.165) is 0 Å². The molecule has 1 rings (SSSR count). The molecule has 3 N–H and O–H groups in total. The molecule has 19 heavy (non-hydrogen) atoms. The largest absolute Gasteiger partial charge is 0.475 e. The summed E-state index contributed by atoms with van der Waals surface area (Å²) in [5.41, 5.74) is 0. The van der Waals surface area contributed by atoms with Crippen molar-refractivity contribution in [3.8, 4) is 0 Å². The number of nitrogens with one attached hydrogen (secondary N) is 1. The molecule has 1 aliphatic rings. The summed E-state index contributed by atoms with van der Waals surface area (Å²) in [4.78, 5) is 35.2. The highest BCUT2D eigenvalue weighted by molar-refractivity contribution is 6.43. The summed E-state index contributed by atoms with van der Waals surface area (Å²) < 4.78 is 0. The van der Waals surface area contributed by atoms with Gasteiger partial charge in [0.25, 0.3) is 0 Å². The van der Waals surface area contributed by atoms with Crippen LogP contribution in [-0.2, 0) is 14.4 Å². The highest BCUT2D eigenvalue weighted by atomic mass is 16.4. The van der Waals surface area contributed by atoms with Gasteiger partial charge in [-0.3, -0.25) is 9.59 Å². The van der Waals surface area contributed by atoms with Crippen LogP contribution in [0.3, 0.4) is 0 Å². The maximum Gasteiger partial charge on any atom is 0.475 e. The van der Waals surface area contributed by atoms with Crippen LogP contribution in [0.1, 0.15) is 32.6 Å². The number of likely N-dealkylation sites (tertiary alicyclic amines) is 1. The zero-order valence-corrected chi connectivity index (χ0v) is 11.0. The zero-order chi connectivity index (χ0) is 14.4. The summed E-state index contributed by atoms with van der Waals surface area (Å²) in [6, 6.07) is 0. The number of rotatable bonds is 6. The van der Waals surface area contributed by atoms with Gasteiger partial charge in [0.05, 0.1) is 12.5 Å². The van der Waals surface area contributed by atoms with Crippen LogP contribution >= 0.6 is 0 Å². The van der Waals surface area contributed by atoms with E-state index in [1.165, 1.54) is 11.8 Å². The van der Waals surface area contributed by atoms with Gasteiger partial charge in [0.15, 0.2) is 0 Å². The molecule has 1 aliphatic heterocycles. The maximum atomic E-state index is 11.8. The van der Waals surface area contributed by atoms with E-state index >= 15 is 0 Å². The van der Waals surface area contributed by atoms with Crippen LogP contribution in [0.25, 0.3) is 0 Å². The van der Waals surface area contributed by atoms with E-state index in [4.69, 9.17) is 10.0 Å². The lowest BCUT2D eigenvalue weighted by Crippen LogP contribution is -2.48. The molecule has 0 aromatic heterocycles. The van der Waals surface area contributed by atoms with Crippen LogP contribution < -0.4 is 5.32 Å².